The minimum absolute atomic E-state index is 0.0294. The molecule has 2 aromatic heterocycles. The molecule has 0 atom stereocenters. The average molecular weight is 452 g/mol. The molecule has 0 unspecified atom stereocenters. The van der Waals surface area contributed by atoms with Crippen molar-refractivity contribution in [3.63, 3.8) is 0 Å². The molecule has 4 rings (SSSR count). The van der Waals surface area contributed by atoms with Gasteiger partial charge >= 0.3 is 0 Å². The van der Waals surface area contributed by atoms with Crippen LogP contribution in [0.1, 0.15) is 24.0 Å². The predicted molar refractivity (Wildman–Crippen MR) is 130 cm³/mol. The number of nitrogens with one attached hydrogen (secondary N) is 4. The molecule has 3 heterocycles. The molecular weight excluding hydrogens is 422 g/mol. The molecule has 8 nitrogen and oxygen atoms in total. The van der Waals surface area contributed by atoms with E-state index in [4.69, 9.17) is 5.73 Å². The Kier molecular flexibility index (Phi) is 7.63. The van der Waals surface area contributed by atoms with Gasteiger partial charge in [0, 0.05) is 18.5 Å². The summed E-state index contributed by atoms with van der Waals surface area (Å²) in [5.74, 6) is 3.04. The summed E-state index contributed by atoms with van der Waals surface area (Å²) in [7, 11) is 0. The number of imidazole rings is 1. The number of pyridine rings is 1. The number of anilines is 2. The van der Waals surface area contributed by atoms with Gasteiger partial charge in [-0.25, -0.2) is 9.97 Å². The second-order valence-electron chi connectivity index (χ2n) is 7.99. The predicted octanol–water partition coefficient (Wildman–Crippen LogP) is 2.97. The van der Waals surface area contributed by atoms with Crippen LogP contribution in [0.4, 0.5) is 11.8 Å². The van der Waals surface area contributed by atoms with Crippen LogP contribution in [0.15, 0.2) is 48.8 Å². The highest BCUT2D eigenvalue weighted by Crippen LogP contribution is 2.20. The standard InChI is InChI=1S/C23H29N7OS/c24-23-28-14-20(29-23)19-4-1-16(2-5-19)12-27-22(31)11-18-3-6-21(26-13-18)30-32-15-17-7-9-25-10-8-17/h1-6,13-14,17,25H,7-12,15H2,(H,26,30)(H,27,31)(H3,24,28,29). The summed E-state index contributed by atoms with van der Waals surface area (Å²) in [6, 6.07) is 11.8. The monoisotopic (exact) mass is 451 g/mol. The van der Waals surface area contributed by atoms with Crippen LogP contribution in [0, 0.1) is 5.92 Å². The molecule has 0 saturated carbocycles. The number of carbonyl (C=O) groups excluding carboxylic acids is 1. The lowest BCUT2D eigenvalue weighted by Gasteiger charge is -2.21. The number of carbonyl (C=O) groups is 1. The Balaban J connectivity index is 1.18. The number of H-pyrrole nitrogens is 1. The summed E-state index contributed by atoms with van der Waals surface area (Å²) < 4.78 is 3.31. The molecule has 1 amide bonds. The number of aromatic amines is 1. The second-order valence-corrected chi connectivity index (χ2v) is 8.82. The maximum atomic E-state index is 12.3. The first kappa shape index (κ1) is 22.2. The van der Waals surface area contributed by atoms with Gasteiger partial charge in [-0.15, -0.1) is 0 Å². The van der Waals surface area contributed by atoms with Crippen LogP contribution >= 0.6 is 11.9 Å². The third-order valence-corrected chi connectivity index (χ3v) is 6.49. The number of nitrogens with zero attached hydrogens (tertiary/aromatic N) is 2. The smallest absolute Gasteiger partial charge is 0.224 e. The zero-order valence-corrected chi connectivity index (χ0v) is 18.8. The van der Waals surface area contributed by atoms with Crippen molar-refractivity contribution in [2.24, 2.45) is 5.92 Å². The lowest BCUT2D eigenvalue weighted by atomic mass is 10.0. The van der Waals surface area contributed by atoms with E-state index >= 15 is 0 Å². The molecule has 3 aromatic rings. The minimum Gasteiger partial charge on any atom is -0.369 e. The van der Waals surface area contributed by atoms with Gasteiger partial charge in [0.15, 0.2) is 5.95 Å². The van der Waals surface area contributed by atoms with Crippen LogP contribution < -0.4 is 21.1 Å². The summed E-state index contributed by atoms with van der Waals surface area (Å²) in [4.78, 5) is 23.8. The summed E-state index contributed by atoms with van der Waals surface area (Å²) >= 11 is 1.71. The lowest BCUT2D eigenvalue weighted by Crippen LogP contribution is -2.28. The van der Waals surface area contributed by atoms with E-state index in [0.717, 1.165) is 53.0 Å². The summed E-state index contributed by atoms with van der Waals surface area (Å²) in [5, 5.41) is 6.35. The van der Waals surface area contributed by atoms with E-state index in [1.54, 1.807) is 24.3 Å². The molecule has 1 aliphatic heterocycles. The number of nitrogens with two attached hydrogens (primary N) is 1. The van der Waals surface area contributed by atoms with Gasteiger partial charge in [0.05, 0.1) is 18.3 Å². The van der Waals surface area contributed by atoms with E-state index in [0.29, 0.717) is 18.9 Å². The van der Waals surface area contributed by atoms with Crippen LogP contribution in [0.3, 0.4) is 0 Å². The molecule has 1 saturated heterocycles. The van der Waals surface area contributed by atoms with E-state index in [1.807, 2.05) is 36.4 Å². The van der Waals surface area contributed by atoms with Gasteiger partial charge < -0.3 is 26.1 Å². The van der Waals surface area contributed by atoms with Gasteiger partial charge in [-0.2, -0.15) is 0 Å². The minimum atomic E-state index is -0.0294. The van der Waals surface area contributed by atoms with Gasteiger partial charge in [-0.3, -0.25) is 4.79 Å². The molecule has 6 N–H and O–H groups in total. The number of benzene rings is 1. The van der Waals surface area contributed by atoms with Crippen molar-refractivity contribution >= 4 is 29.6 Å². The van der Waals surface area contributed by atoms with Crippen molar-refractivity contribution in [3.8, 4) is 11.3 Å². The van der Waals surface area contributed by atoms with Gasteiger partial charge in [0.2, 0.25) is 5.91 Å². The quantitative estimate of drug-likeness (QED) is 0.317. The Morgan fingerprint density at radius 2 is 1.84 bits per heavy atom. The van der Waals surface area contributed by atoms with Crippen molar-refractivity contribution in [2.75, 3.05) is 29.3 Å². The third-order valence-electron chi connectivity index (χ3n) is 5.49. The van der Waals surface area contributed by atoms with Gasteiger partial charge in [0.25, 0.3) is 0 Å². The number of hydrogen-bond acceptors (Lipinski definition) is 7. The highest BCUT2D eigenvalue weighted by Gasteiger charge is 2.13. The Hall–Kier alpha value is -3.04. The van der Waals surface area contributed by atoms with E-state index < -0.39 is 0 Å². The van der Waals surface area contributed by atoms with Crippen LogP contribution in [0.25, 0.3) is 11.3 Å². The Morgan fingerprint density at radius 3 is 2.53 bits per heavy atom. The summed E-state index contributed by atoms with van der Waals surface area (Å²) in [6.07, 6.45) is 6.24. The largest absolute Gasteiger partial charge is 0.369 e. The highest BCUT2D eigenvalue weighted by atomic mass is 32.2. The van der Waals surface area contributed by atoms with Crippen molar-refractivity contribution in [3.05, 3.63) is 59.9 Å². The number of piperidine rings is 1. The zero-order valence-electron chi connectivity index (χ0n) is 17.9. The maximum Gasteiger partial charge on any atom is 0.224 e. The zero-order chi connectivity index (χ0) is 22.2. The summed E-state index contributed by atoms with van der Waals surface area (Å²) in [6.45, 7) is 2.71. The van der Waals surface area contributed by atoms with E-state index in [1.165, 1.54) is 12.8 Å². The fraction of sp³-hybridized carbons (Fsp3) is 0.348. The molecule has 32 heavy (non-hydrogen) atoms. The van der Waals surface area contributed by atoms with Gasteiger partial charge in [-0.1, -0.05) is 42.3 Å². The normalized spacial score (nSPS) is 14.2. The van der Waals surface area contributed by atoms with Crippen LogP contribution in [0.2, 0.25) is 0 Å². The van der Waals surface area contributed by atoms with Crippen molar-refractivity contribution in [1.82, 2.24) is 25.6 Å². The average Bonchev–Trinajstić information content (AvgIpc) is 3.26. The molecule has 168 valence electrons. The molecule has 1 aliphatic rings. The number of rotatable bonds is 9. The molecular formula is C23H29N7OS. The Morgan fingerprint density at radius 1 is 1.06 bits per heavy atom. The molecule has 1 fully saturated rings. The third kappa shape index (κ3) is 6.48. The van der Waals surface area contributed by atoms with E-state index in [9.17, 15) is 4.79 Å². The van der Waals surface area contributed by atoms with E-state index in [2.05, 4.69) is 30.3 Å². The van der Waals surface area contributed by atoms with Crippen molar-refractivity contribution < 1.29 is 4.79 Å². The SMILES string of the molecule is Nc1ncc(-c2ccc(CNC(=O)Cc3ccc(NSCC4CCNCC4)nc3)cc2)[nH]1. The van der Waals surface area contributed by atoms with Crippen molar-refractivity contribution in [1.29, 1.82) is 0 Å². The fourth-order valence-corrected chi connectivity index (χ4v) is 4.53. The Labute approximate surface area is 192 Å². The number of aromatic nitrogens is 3. The highest BCUT2D eigenvalue weighted by molar-refractivity contribution is 8.00. The first-order chi connectivity index (χ1) is 15.7. The van der Waals surface area contributed by atoms with Crippen molar-refractivity contribution in [2.45, 2.75) is 25.8 Å². The topological polar surface area (TPSA) is 121 Å². The maximum absolute atomic E-state index is 12.3. The summed E-state index contributed by atoms with van der Waals surface area (Å²) in [5.41, 5.74) is 9.41. The van der Waals surface area contributed by atoms with Gasteiger partial charge in [-0.05, 0) is 54.6 Å². The van der Waals surface area contributed by atoms with Gasteiger partial charge in [0.1, 0.15) is 5.82 Å². The molecule has 0 bridgehead atoms. The van der Waals surface area contributed by atoms with Crippen LogP contribution in [-0.4, -0.2) is 39.7 Å². The molecule has 0 spiro atoms. The molecule has 1 aromatic carbocycles. The Bertz CT molecular complexity index is 998. The molecule has 0 aliphatic carbocycles. The van der Waals surface area contributed by atoms with E-state index in [-0.39, 0.29) is 5.91 Å². The first-order valence-corrected chi connectivity index (χ1v) is 11.8. The molecule has 9 heteroatoms. The number of hydrogen-bond donors (Lipinski definition) is 5. The fourth-order valence-electron chi connectivity index (χ4n) is 3.61. The van der Waals surface area contributed by atoms with Crippen LogP contribution in [-0.2, 0) is 17.8 Å². The second kappa shape index (κ2) is 11.0. The molecule has 0 radical (unpaired) electrons. The number of amides is 1. The number of nitrogen functional groups attached to an aromatic ring is 1. The van der Waals surface area contributed by atoms with Crippen LogP contribution in [0.5, 0.6) is 0 Å². The first-order valence-electron chi connectivity index (χ1n) is 10.9. The lowest BCUT2D eigenvalue weighted by molar-refractivity contribution is -0.120.